The fourth-order valence-electron chi connectivity index (χ4n) is 2.47. The van der Waals surface area contributed by atoms with Gasteiger partial charge in [-0.25, -0.2) is 0 Å². The van der Waals surface area contributed by atoms with Crippen LogP contribution in [0.2, 0.25) is 0 Å². The van der Waals surface area contributed by atoms with Crippen molar-refractivity contribution in [1.29, 1.82) is 0 Å². The van der Waals surface area contributed by atoms with Crippen molar-refractivity contribution in [2.75, 3.05) is 0 Å². The molecule has 1 aliphatic rings. The van der Waals surface area contributed by atoms with Crippen molar-refractivity contribution in [3.05, 3.63) is 5.92 Å². The molecule has 0 nitrogen and oxygen atoms in total. The lowest BCUT2D eigenvalue weighted by atomic mass is 9.69. The van der Waals surface area contributed by atoms with Crippen LogP contribution in [-0.2, 0) is 0 Å². The summed E-state index contributed by atoms with van der Waals surface area (Å²) >= 11 is 0. The third-order valence-electron chi connectivity index (χ3n) is 3.65. The number of hydrogen-bond donors (Lipinski definition) is 0. The van der Waals surface area contributed by atoms with Crippen molar-refractivity contribution in [1.82, 2.24) is 0 Å². The highest BCUT2D eigenvalue weighted by atomic mass is 14.3. The molecule has 0 aromatic heterocycles. The van der Waals surface area contributed by atoms with Crippen molar-refractivity contribution in [2.45, 2.75) is 78.1 Å². The number of unbranched alkanes of at least 4 members (excludes halogenated alkanes) is 4. The van der Waals surface area contributed by atoms with Gasteiger partial charge in [-0.15, -0.1) is 0 Å². The highest BCUT2D eigenvalue weighted by Gasteiger charge is 2.29. The fourth-order valence-corrected chi connectivity index (χ4v) is 2.47. The Kier molecular flexibility index (Phi) is 6.31. The minimum absolute atomic E-state index is 1.04. The Bertz CT molecular complexity index is 112. The molecule has 1 aliphatic carbocycles. The van der Waals surface area contributed by atoms with Gasteiger partial charge in [0.1, 0.15) is 0 Å². The second-order valence-corrected chi connectivity index (χ2v) is 4.85. The topological polar surface area (TPSA) is 0 Å². The molecule has 0 bridgehead atoms. The van der Waals surface area contributed by atoms with Crippen LogP contribution < -0.4 is 0 Å². The van der Waals surface area contributed by atoms with E-state index in [1.165, 1.54) is 64.2 Å². The van der Waals surface area contributed by atoms with Crippen molar-refractivity contribution in [3.8, 4) is 0 Å². The molecule has 0 spiro atoms. The first-order valence-electron chi connectivity index (χ1n) is 6.73. The van der Waals surface area contributed by atoms with Crippen LogP contribution >= 0.6 is 0 Å². The van der Waals surface area contributed by atoms with Gasteiger partial charge in [-0.3, -0.25) is 0 Å². The van der Waals surface area contributed by atoms with Crippen LogP contribution in [0.1, 0.15) is 78.1 Å². The van der Waals surface area contributed by atoms with Gasteiger partial charge in [0.25, 0.3) is 0 Å². The van der Waals surface area contributed by atoms with E-state index in [2.05, 4.69) is 13.8 Å². The van der Waals surface area contributed by atoms with Crippen LogP contribution in [0.4, 0.5) is 0 Å². The van der Waals surface area contributed by atoms with Crippen LogP contribution in [0.25, 0.3) is 0 Å². The molecule has 1 rings (SSSR count). The molecule has 1 atom stereocenters. The van der Waals surface area contributed by atoms with E-state index in [0.717, 1.165) is 5.92 Å². The van der Waals surface area contributed by atoms with E-state index < -0.39 is 0 Å². The Balaban J connectivity index is 1.97. The Hall–Kier alpha value is 0. The molecule has 1 radical (unpaired) electrons. The summed E-state index contributed by atoms with van der Waals surface area (Å²) in [5.74, 6) is 2.95. The van der Waals surface area contributed by atoms with Crippen molar-refractivity contribution < 1.29 is 0 Å². The first kappa shape index (κ1) is 12.1. The second-order valence-electron chi connectivity index (χ2n) is 4.85. The third-order valence-corrected chi connectivity index (χ3v) is 3.65. The lowest BCUT2D eigenvalue weighted by molar-refractivity contribution is 0.305. The minimum Gasteiger partial charge on any atom is -0.0654 e. The molecular formula is C14H27. The van der Waals surface area contributed by atoms with Gasteiger partial charge in [-0.2, -0.15) is 0 Å². The lowest BCUT2D eigenvalue weighted by Crippen LogP contribution is -2.23. The van der Waals surface area contributed by atoms with Gasteiger partial charge in [0.15, 0.2) is 0 Å². The van der Waals surface area contributed by atoms with E-state index >= 15 is 0 Å². The van der Waals surface area contributed by atoms with E-state index in [1.807, 2.05) is 5.92 Å². The Morgan fingerprint density at radius 1 is 1.00 bits per heavy atom. The normalized spacial score (nSPS) is 22.3. The standard InChI is InChI=1S/C14H27/c1-3-5-7-9-13-11-12-14(13)10-8-6-4-2/h13H,3-12H2,1-2H3. The summed E-state index contributed by atoms with van der Waals surface area (Å²) in [7, 11) is 0. The monoisotopic (exact) mass is 195 g/mol. The minimum atomic E-state index is 1.04. The van der Waals surface area contributed by atoms with Gasteiger partial charge in [0, 0.05) is 0 Å². The smallest absolute Gasteiger partial charge is 0.0210 e. The average molecular weight is 195 g/mol. The largest absolute Gasteiger partial charge is 0.0654 e. The van der Waals surface area contributed by atoms with Gasteiger partial charge >= 0.3 is 0 Å². The predicted molar refractivity (Wildman–Crippen MR) is 64.3 cm³/mol. The molecule has 0 saturated heterocycles. The first-order chi connectivity index (χ1) is 6.88. The molecule has 0 heteroatoms. The molecular weight excluding hydrogens is 168 g/mol. The zero-order valence-corrected chi connectivity index (χ0v) is 10.1. The van der Waals surface area contributed by atoms with Crippen LogP contribution in [0.5, 0.6) is 0 Å². The quantitative estimate of drug-likeness (QED) is 0.471. The van der Waals surface area contributed by atoms with Gasteiger partial charge in [-0.1, -0.05) is 52.4 Å². The molecule has 0 amide bonds. The number of rotatable bonds is 8. The summed E-state index contributed by atoms with van der Waals surface area (Å²) in [5, 5.41) is 0. The van der Waals surface area contributed by atoms with E-state index in [9.17, 15) is 0 Å². The summed E-state index contributed by atoms with van der Waals surface area (Å²) in [6, 6.07) is 0. The first-order valence-corrected chi connectivity index (χ1v) is 6.73. The summed E-state index contributed by atoms with van der Waals surface area (Å²) in [6.07, 6.45) is 14.5. The SMILES string of the molecule is CCCCC[C]1CCC1CCCCC. The highest BCUT2D eigenvalue weighted by molar-refractivity contribution is 5.05. The zero-order valence-electron chi connectivity index (χ0n) is 10.1. The number of hydrogen-bond acceptors (Lipinski definition) is 0. The van der Waals surface area contributed by atoms with E-state index in [4.69, 9.17) is 0 Å². The summed E-state index contributed by atoms with van der Waals surface area (Å²) in [6.45, 7) is 4.59. The Morgan fingerprint density at radius 3 is 2.29 bits per heavy atom. The molecule has 0 N–H and O–H groups in total. The van der Waals surface area contributed by atoms with E-state index in [1.54, 1.807) is 0 Å². The molecule has 0 heterocycles. The molecule has 0 aromatic carbocycles. The van der Waals surface area contributed by atoms with E-state index in [0.29, 0.717) is 0 Å². The fraction of sp³-hybridized carbons (Fsp3) is 0.929. The van der Waals surface area contributed by atoms with Crippen LogP contribution in [-0.4, -0.2) is 0 Å². The van der Waals surface area contributed by atoms with Crippen molar-refractivity contribution in [3.63, 3.8) is 0 Å². The maximum absolute atomic E-state index is 2.30. The third kappa shape index (κ3) is 4.02. The van der Waals surface area contributed by atoms with Crippen molar-refractivity contribution >= 4 is 0 Å². The second kappa shape index (κ2) is 7.31. The van der Waals surface area contributed by atoms with Crippen LogP contribution in [0, 0.1) is 11.8 Å². The maximum atomic E-state index is 2.30. The predicted octanol–water partition coefficient (Wildman–Crippen LogP) is 5.13. The summed E-state index contributed by atoms with van der Waals surface area (Å²) < 4.78 is 0. The average Bonchev–Trinajstić information content (AvgIpc) is 2.17. The molecule has 1 fully saturated rings. The van der Waals surface area contributed by atoms with Crippen molar-refractivity contribution in [2.24, 2.45) is 5.92 Å². The molecule has 0 aliphatic heterocycles. The van der Waals surface area contributed by atoms with Crippen LogP contribution in [0.3, 0.4) is 0 Å². The Morgan fingerprint density at radius 2 is 1.71 bits per heavy atom. The molecule has 1 unspecified atom stereocenters. The Labute approximate surface area is 90.5 Å². The van der Waals surface area contributed by atoms with Gasteiger partial charge in [-0.05, 0) is 37.5 Å². The van der Waals surface area contributed by atoms with Gasteiger partial charge < -0.3 is 0 Å². The molecule has 83 valence electrons. The van der Waals surface area contributed by atoms with Gasteiger partial charge in [0.05, 0.1) is 0 Å². The van der Waals surface area contributed by atoms with Gasteiger partial charge in [0.2, 0.25) is 0 Å². The zero-order chi connectivity index (χ0) is 10.2. The molecule has 0 aromatic rings. The molecule has 14 heavy (non-hydrogen) atoms. The highest BCUT2D eigenvalue weighted by Crippen LogP contribution is 2.42. The summed E-state index contributed by atoms with van der Waals surface area (Å²) in [4.78, 5) is 0. The lowest BCUT2D eigenvalue weighted by Gasteiger charge is -2.36. The van der Waals surface area contributed by atoms with E-state index in [-0.39, 0.29) is 0 Å². The molecule has 1 saturated carbocycles. The summed E-state index contributed by atoms with van der Waals surface area (Å²) in [5.41, 5.74) is 0. The van der Waals surface area contributed by atoms with Crippen LogP contribution in [0.15, 0.2) is 0 Å². The maximum Gasteiger partial charge on any atom is -0.0210 e.